The van der Waals surface area contributed by atoms with E-state index in [0.717, 1.165) is 29.7 Å². The summed E-state index contributed by atoms with van der Waals surface area (Å²) in [7, 11) is -3.60. The minimum absolute atomic E-state index is 0.141. The van der Waals surface area contributed by atoms with Gasteiger partial charge in [0.1, 0.15) is 5.76 Å². The number of hydrogen-bond donors (Lipinski definition) is 0. The van der Waals surface area contributed by atoms with Crippen LogP contribution in [0.2, 0.25) is 0 Å². The Bertz CT molecular complexity index is 929. The number of furan rings is 1. The lowest BCUT2D eigenvalue weighted by Gasteiger charge is -2.23. The summed E-state index contributed by atoms with van der Waals surface area (Å²) in [4.78, 5) is 15.1. The summed E-state index contributed by atoms with van der Waals surface area (Å²) in [5.74, 6) is 0.790. The summed E-state index contributed by atoms with van der Waals surface area (Å²) in [6, 6.07) is 6.71. The summed E-state index contributed by atoms with van der Waals surface area (Å²) in [5, 5.41) is 0. The molecule has 0 atom stereocenters. The van der Waals surface area contributed by atoms with Crippen LogP contribution in [-0.2, 0) is 23.0 Å². The number of fused-ring (bicyclic) bond motifs is 1. The van der Waals surface area contributed by atoms with E-state index in [4.69, 9.17) is 4.42 Å². The van der Waals surface area contributed by atoms with Gasteiger partial charge in [0.15, 0.2) is 0 Å². The molecule has 146 valence electrons. The van der Waals surface area contributed by atoms with E-state index in [9.17, 15) is 13.2 Å². The van der Waals surface area contributed by atoms with Crippen molar-refractivity contribution in [2.45, 2.75) is 45.1 Å². The molecule has 1 aromatic carbocycles. The highest BCUT2D eigenvalue weighted by atomic mass is 32.2. The summed E-state index contributed by atoms with van der Waals surface area (Å²) >= 11 is 0. The van der Waals surface area contributed by atoms with Gasteiger partial charge in [0, 0.05) is 43.7 Å². The van der Waals surface area contributed by atoms with Crippen LogP contribution in [-0.4, -0.2) is 43.2 Å². The number of nitrogens with zero attached hydrogens (tertiary/aromatic N) is 2. The number of aryl methyl sites for hydroxylation is 2. The molecule has 2 aromatic rings. The minimum Gasteiger partial charge on any atom is -0.469 e. The van der Waals surface area contributed by atoms with E-state index in [1.54, 1.807) is 37.1 Å². The van der Waals surface area contributed by atoms with E-state index < -0.39 is 10.0 Å². The number of amides is 1. The number of carbonyl (C=O) groups excluding carboxylic acids is 1. The van der Waals surface area contributed by atoms with E-state index in [1.807, 2.05) is 13.0 Å². The second kappa shape index (κ2) is 7.86. The Hall–Kier alpha value is -2.12. The molecule has 1 amide bonds. The van der Waals surface area contributed by atoms with Gasteiger partial charge >= 0.3 is 0 Å². The molecule has 1 aliphatic rings. The van der Waals surface area contributed by atoms with Gasteiger partial charge in [-0.05, 0) is 37.1 Å². The smallest absolute Gasteiger partial charge is 0.254 e. The molecule has 1 aromatic heterocycles. The van der Waals surface area contributed by atoms with Crippen molar-refractivity contribution in [3.05, 3.63) is 53.0 Å². The van der Waals surface area contributed by atoms with Gasteiger partial charge in [-0.2, -0.15) is 4.31 Å². The SMILES string of the molecule is CCN(CC)S(=O)(=O)c1ccc(C)c(C(=O)N2CCCc3occc3C2)c1. The standard InChI is InChI=1S/C20H26N2O4S/c1-4-22(5-2)27(24,25)17-9-8-15(3)18(13-17)20(23)21-11-6-7-19-16(14-21)10-12-26-19/h8-10,12-13H,4-7,11,14H2,1-3H3. The fourth-order valence-corrected chi connectivity index (χ4v) is 4.98. The van der Waals surface area contributed by atoms with Crippen molar-refractivity contribution in [3.8, 4) is 0 Å². The average molecular weight is 391 g/mol. The Labute approximate surface area is 160 Å². The third-order valence-corrected chi connectivity index (χ3v) is 7.15. The molecule has 1 aliphatic heterocycles. The lowest BCUT2D eigenvalue weighted by molar-refractivity contribution is 0.0745. The van der Waals surface area contributed by atoms with Gasteiger partial charge < -0.3 is 9.32 Å². The van der Waals surface area contributed by atoms with Gasteiger partial charge in [-0.25, -0.2) is 8.42 Å². The lowest BCUT2D eigenvalue weighted by atomic mass is 10.1. The summed E-state index contributed by atoms with van der Waals surface area (Å²) in [6.45, 7) is 7.34. The van der Waals surface area contributed by atoms with Crippen molar-refractivity contribution in [2.24, 2.45) is 0 Å². The molecule has 27 heavy (non-hydrogen) atoms. The maximum absolute atomic E-state index is 13.2. The van der Waals surface area contributed by atoms with Gasteiger partial charge in [0.05, 0.1) is 11.2 Å². The Balaban J connectivity index is 1.94. The van der Waals surface area contributed by atoms with Crippen LogP contribution in [0.5, 0.6) is 0 Å². The first-order valence-electron chi connectivity index (χ1n) is 9.33. The molecule has 0 fully saturated rings. The molecule has 3 rings (SSSR count). The van der Waals surface area contributed by atoms with Crippen LogP contribution in [0, 0.1) is 6.92 Å². The third kappa shape index (κ3) is 3.80. The second-order valence-electron chi connectivity index (χ2n) is 6.77. The van der Waals surface area contributed by atoms with E-state index in [1.165, 1.54) is 10.4 Å². The van der Waals surface area contributed by atoms with E-state index in [2.05, 4.69) is 0 Å². The molecule has 0 spiro atoms. The number of hydrogen-bond acceptors (Lipinski definition) is 4. The first-order chi connectivity index (χ1) is 12.9. The lowest BCUT2D eigenvalue weighted by Crippen LogP contribution is -2.32. The zero-order chi connectivity index (χ0) is 19.6. The largest absolute Gasteiger partial charge is 0.469 e. The van der Waals surface area contributed by atoms with Crippen LogP contribution in [0.1, 0.15) is 47.5 Å². The summed E-state index contributed by atoms with van der Waals surface area (Å²) in [6.07, 6.45) is 3.28. The van der Waals surface area contributed by atoms with Crippen LogP contribution < -0.4 is 0 Å². The number of carbonyl (C=O) groups is 1. The maximum atomic E-state index is 13.2. The maximum Gasteiger partial charge on any atom is 0.254 e. The molecule has 0 aliphatic carbocycles. The van der Waals surface area contributed by atoms with Crippen molar-refractivity contribution >= 4 is 15.9 Å². The van der Waals surface area contributed by atoms with E-state index >= 15 is 0 Å². The monoisotopic (exact) mass is 390 g/mol. The Morgan fingerprint density at radius 2 is 1.96 bits per heavy atom. The Kier molecular flexibility index (Phi) is 5.72. The van der Waals surface area contributed by atoms with Gasteiger partial charge in [-0.1, -0.05) is 19.9 Å². The van der Waals surface area contributed by atoms with Gasteiger partial charge in [-0.3, -0.25) is 4.79 Å². The van der Waals surface area contributed by atoms with Gasteiger partial charge in [-0.15, -0.1) is 0 Å². The van der Waals surface area contributed by atoms with Crippen LogP contribution in [0.25, 0.3) is 0 Å². The quantitative estimate of drug-likeness (QED) is 0.786. The summed E-state index contributed by atoms with van der Waals surface area (Å²) in [5.41, 5.74) is 2.23. The highest BCUT2D eigenvalue weighted by molar-refractivity contribution is 7.89. The Morgan fingerprint density at radius 3 is 2.67 bits per heavy atom. The Morgan fingerprint density at radius 1 is 1.22 bits per heavy atom. The summed E-state index contributed by atoms with van der Waals surface area (Å²) < 4.78 is 32.5. The van der Waals surface area contributed by atoms with Gasteiger partial charge in [0.25, 0.3) is 5.91 Å². The fourth-order valence-electron chi connectivity index (χ4n) is 3.49. The zero-order valence-corrected chi connectivity index (χ0v) is 16.9. The topological polar surface area (TPSA) is 70.8 Å². The first kappa shape index (κ1) is 19.6. The molecular formula is C20H26N2O4S. The molecule has 0 bridgehead atoms. The molecular weight excluding hydrogens is 364 g/mol. The minimum atomic E-state index is -3.60. The van der Waals surface area contributed by atoms with Gasteiger partial charge in [0.2, 0.25) is 10.0 Å². The van der Waals surface area contributed by atoms with Crippen LogP contribution in [0.4, 0.5) is 0 Å². The number of rotatable bonds is 5. The van der Waals surface area contributed by atoms with E-state index in [-0.39, 0.29) is 10.8 Å². The molecule has 6 nitrogen and oxygen atoms in total. The van der Waals surface area contributed by atoms with Crippen LogP contribution in [0.15, 0.2) is 39.8 Å². The average Bonchev–Trinajstić information content (AvgIpc) is 2.99. The molecule has 0 saturated carbocycles. The highest BCUT2D eigenvalue weighted by Gasteiger charge is 2.26. The molecule has 0 saturated heterocycles. The molecule has 0 unspecified atom stereocenters. The number of sulfonamides is 1. The number of benzene rings is 1. The van der Waals surface area contributed by atoms with Crippen molar-refractivity contribution in [3.63, 3.8) is 0 Å². The zero-order valence-electron chi connectivity index (χ0n) is 16.1. The first-order valence-corrected chi connectivity index (χ1v) is 10.8. The van der Waals surface area contributed by atoms with Crippen LogP contribution >= 0.6 is 0 Å². The van der Waals surface area contributed by atoms with Crippen molar-refractivity contribution in [1.82, 2.24) is 9.21 Å². The van der Waals surface area contributed by atoms with Crippen LogP contribution in [0.3, 0.4) is 0 Å². The third-order valence-electron chi connectivity index (χ3n) is 5.10. The predicted molar refractivity (Wildman–Crippen MR) is 103 cm³/mol. The highest BCUT2D eigenvalue weighted by Crippen LogP contribution is 2.24. The van der Waals surface area contributed by atoms with Crippen molar-refractivity contribution < 1.29 is 17.6 Å². The molecule has 2 heterocycles. The molecule has 7 heteroatoms. The fraction of sp³-hybridized carbons (Fsp3) is 0.450. The molecule has 0 N–H and O–H groups in total. The molecule has 0 radical (unpaired) electrons. The van der Waals surface area contributed by atoms with E-state index in [0.29, 0.717) is 31.7 Å². The normalized spacial score (nSPS) is 14.9. The second-order valence-corrected chi connectivity index (χ2v) is 8.70. The van der Waals surface area contributed by atoms with Crippen molar-refractivity contribution in [2.75, 3.05) is 19.6 Å². The predicted octanol–water partition coefficient (Wildman–Crippen LogP) is 3.21. The van der Waals surface area contributed by atoms with Crippen molar-refractivity contribution in [1.29, 1.82) is 0 Å².